The minimum absolute atomic E-state index is 0.0240. The first-order valence-electron chi connectivity index (χ1n) is 5.69. The van der Waals surface area contributed by atoms with Crippen LogP contribution in [0.1, 0.15) is 31.9 Å². The number of rotatable bonds is 3. The van der Waals surface area contributed by atoms with Crippen LogP contribution < -0.4 is 11.1 Å². The Balaban J connectivity index is 1.93. The second kappa shape index (κ2) is 4.29. The van der Waals surface area contributed by atoms with Gasteiger partial charge in [0.25, 0.3) is 0 Å². The molecule has 1 amide bonds. The Morgan fingerprint density at radius 2 is 2.56 bits per heavy atom. The number of hydrogen-bond acceptors (Lipinski definition) is 3. The maximum atomic E-state index is 12.0. The van der Waals surface area contributed by atoms with Crippen molar-refractivity contribution in [2.24, 2.45) is 11.1 Å². The summed E-state index contributed by atoms with van der Waals surface area (Å²) in [6, 6.07) is 3.63. The van der Waals surface area contributed by atoms with Crippen molar-refractivity contribution in [2.45, 2.75) is 38.8 Å². The summed E-state index contributed by atoms with van der Waals surface area (Å²) in [4.78, 5) is 12.0. The van der Waals surface area contributed by atoms with Gasteiger partial charge in [-0.05, 0) is 31.9 Å². The third-order valence-electron chi connectivity index (χ3n) is 3.55. The number of nitrogens with two attached hydrogens (primary N) is 1. The smallest absolute Gasteiger partial charge is 0.227 e. The van der Waals surface area contributed by atoms with Crippen LogP contribution >= 0.6 is 0 Å². The predicted molar refractivity (Wildman–Crippen MR) is 60.5 cm³/mol. The van der Waals surface area contributed by atoms with Crippen LogP contribution in [0, 0.1) is 5.41 Å². The molecule has 2 unspecified atom stereocenters. The Labute approximate surface area is 95.2 Å². The summed E-state index contributed by atoms with van der Waals surface area (Å²) in [6.07, 6.45) is 4.44. The second-order valence-electron chi connectivity index (χ2n) is 4.68. The highest BCUT2D eigenvalue weighted by Crippen LogP contribution is 2.36. The normalized spacial score (nSPS) is 29.2. The van der Waals surface area contributed by atoms with Crippen molar-refractivity contribution in [3.05, 3.63) is 24.2 Å². The van der Waals surface area contributed by atoms with Gasteiger partial charge in [-0.2, -0.15) is 0 Å². The fourth-order valence-electron chi connectivity index (χ4n) is 2.26. The number of hydrogen-bond donors (Lipinski definition) is 2. The van der Waals surface area contributed by atoms with E-state index < -0.39 is 5.41 Å². The third kappa shape index (κ3) is 1.97. The summed E-state index contributed by atoms with van der Waals surface area (Å²) >= 11 is 0. The molecule has 0 bridgehead atoms. The summed E-state index contributed by atoms with van der Waals surface area (Å²) in [7, 11) is 0. The minimum atomic E-state index is -0.410. The Kier molecular flexibility index (Phi) is 3.01. The van der Waals surface area contributed by atoms with Crippen LogP contribution in [0.4, 0.5) is 0 Å². The van der Waals surface area contributed by atoms with Crippen LogP contribution in [-0.4, -0.2) is 11.9 Å². The van der Waals surface area contributed by atoms with Crippen LogP contribution in [0.15, 0.2) is 22.8 Å². The van der Waals surface area contributed by atoms with Gasteiger partial charge in [-0.15, -0.1) is 0 Å². The number of furan rings is 1. The molecule has 1 saturated carbocycles. The molecule has 0 aromatic carbocycles. The molecule has 2 rings (SSSR count). The summed E-state index contributed by atoms with van der Waals surface area (Å²) in [6.45, 7) is 2.39. The monoisotopic (exact) mass is 222 g/mol. The summed E-state index contributed by atoms with van der Waals surface area (Å²) < 4.78 is 5.16. The zero-order valence-electron chi connectivity index (χ0n) is 9.53. The summed E-state index contributed by atoms with van der Waals surface area (Å²) in [5, 5.41) is 2.89. The molecule has 88 valence electrons. The first kappa shape index (κ1) is 11.2. The van der Waals surface area contributed by atoms with E-state index in [0.29, 0.717) is 6.54 Å². The molecule has 0 aliphatic heterocycles. The van der Waals surface area contributed by atoms with Gasteiger partial charge >= 0.3 is 0 Å². The van der Waals surface area contributed by atoms with E-state index >= 15 is 0 Å². The van der Waals surface area contributed by atoms with Gasteiger partial charge in [0.1, 0.15) is 5.76 Å². The molecule has 0 spiro atoms. The molecule has 4 nitrogen and oxygen atoms in total. The van der Waals surface area contributed by atoms with Crippen molar-refractivity contribution in [3.63, 3.8) is 0 Å². The average Bonchev–Trinajstić information content (AvgIpc) is 2.87. The predicted octanol–water partition coefficient (Wildman–Crippen LogP) is 1.41. The fourth-order valence-corrected chi connectivity index (χ4v) is 2.26. The molecule has 1 aromatic heterocycles. The maximum absolute atomic E-state index is 12.0. The van der Waals surface area contributed by atoms with E-state index in [4.69, 9.17) is 10.2 Å². The van der Waals surface area contributed by atoms with Crippen LogP contribution in [0.25, 0.3) is 0 Å². The van der Waals surface area contributed by atoms with Gasteiger partial charge in [0.05, 0.1) is 18.2 Å². The fraction of sp³-hybridized carbons (Fsp3) is 0.583. The van der Waals surface area contributed by atoms with Gasteiger partial charge in [0, 0.05) is 6.04 Å². The third-order valence-corrected chi connectivity index (χ3v) is 3.55. The molecule has 1 aliphatic carbocycles. The lowest BCUT2D eigenvalue weighted by Crippen LogP contribution is -2.47. The summed E-state index contributed by atoms with van der Waals surface area (Å²) in [5.41, 5.74) is 5.57. The molecule has 2 atom stereocenters. The number of amides is 1. The molecule has 0 saturated heterocycles. The molecule has 4 heteroatoms. The number of carbonyl (C=O) groups is 1. The molecule has 0 radical (unpaired) electrons. The lowest BCUT2D eigenvalue weighted by atomic mass is 9.84. The molecule has 16 heavy (non-hydrogen) atoms. The molecule has 1 aliphatic rings. The van der Waals surface area contributed by atoms with Crippen molar-refractivity contribution in [1.82, 2.24) is 5.32 Å². The van der Waals surface area contributed by atoms with E-state index in [-0.39, 0.29) is 11.9 Å². The quantitative estimate of drug-likeness (QED) is 0.812. The van der Waals surface area contributed by atoms with Crippen LogP contribution in [0.5, 0.6) is 0 Å². The molecular formula is C12H18N2O2. The van der Waals surface area contributed by atoms with Crippen LogP contribution in [-0.2, 0) is 11.3 Å². The SMILES string of the molecule is CC1(C(=O)NCc2ccco2)CCCC1N. The van der Waals surface area contributed by atoms with Crippen molar-refractivity contribution in [2.75, 3.05) is 0 Å². The highest BCUT2D eigenvalue weighted by atomic mass is 16.3. The summed E-state index contributed by atoms with van der Waals surface area (Å²) in [5.74, 6) is 0.803. The standard InChI is InChI=1S/C12H18N2O2/c1-12(6-2-5-10(12)13)11(15)14-8-9-4-3-7-16-9/h3-4,7,10H,2,5-6,8,13H2,1H3,(H,14,15). The molecule has 1 fully saturated rings. The molecular weight excluding hydrogens is 204 g/mol. The van der Waals surface area contributed by atoms with E-state index in [9.17, 15) is 4.79 Å². The highest BCUT2D eigenvalue weighted by molar-refractivity contribution is 5.83. The zero-order valence-corrected chi connectivity index (χ0v) is 9.53. The highest BCUT2D eigenvalue weighted by Gasteiger charge is 2.42. The molecule has 1 aromatic rings. The molecule has 1 heterocycles. The maximum Gasteiger partial charge on any atom is 0.227 e. The van der Waals surface area contributed by atoms with Gasteiger partial charge in [0.2, 0.25) is 5.91 Å². The topological polar surface area (TPSA) is 68.3 Å². The Morgan fingerprint density at radius 1 is 1.75 bits per heavy atom. The lowest BCUT2D eigenvalue weighted by Gasteiger charge is -2.27. The number of carbonyl (C=O) groups excluding carboxylic acids is 1. The van der Waals surface area contributed by atoms with E-state index in [2.05, 4.69) is 5.32 Å². The van der Waals surface area contributed by atoms with Gasteiger partial charge in [0.15, 0.2) is 0 Å². The zero-order chi connectivity index (χ0) is 11.6. The average molecular weight is 222 g/mol. The van der Waals surface area contributed by atoms with Crippen molar-refractivity contribution in [3.8, 4) is 0 Å². The van der Waals surface area contributed by atoms with Gasteiger partial charge in [-0.1, -0.05) is 6.42 Å². The van der Waals surface area contributed by atoms with Gasteiger partial charge in [-0.3, -0.25) is 4.79 Å². The minimum Gasteiger partial charge on any atom is -0.467 e. The Morgan fingerprint density at radius 3 is 3.12 bits per heavy atom. The van der Waals surface area contributed by atoms with E-state index in [1.54, 1.807) is 6.26 Å². The van der Waals surface area contributed by atoms with Gasteiger partial charge < -0.3 is 15.5 Å². The van der Waals surface area contributed by atoms with Gasteiger partial charge in [-0.25, -0.2) is 0 Å². The first-order valence-corrected chi connectivity index (χ1v) is 5.69. The van der Waals surface area contributed by atoms with Crippen LogP contribution in [0.3, 0.4) is 0 Å². The van der Waals surface area contributed by atoms with Crippen molar-refractivity contribution >= 4 is 5.91 Å². The van der Waals surface area contributed by atoms with E-state index in [1.165, 1.54) is 0 Å². The number of nitrogens with one attached hydrogen (secondary N) is 1. The van der Waals surface area contributed by atoms with Crippen molar-refractivity contribution < 1.29 is 9.21 Å². The largest absolute Gasteiger partial charge is 0.467 e. The molecule has 3 N–H and O–H groups in total. The lowest BCUT2D eigenvalue weighted by molar-refractivity contribution is -0.130. The van der Waals surface area contributed by atoms with E-state index in [0.717, 1.165) is 25.0 Å². The van der Waals surface area contributed by atoms with Crippen LogP contribution in [0.2, 0.25) is 0 Å². The Hall–Kier alpha value is -1.29. The van der Waals surface area contributed by atoms with E-state index in [1.807, 2.05) is 19.1 Å². The first-order chi connectivity index (χ1) is 7.63. The Bertz CT molecular complexity index is 361. The second-order valence-corrected chi connectivity index (χ2v) is 4.68. The van der Waals surface area contributed by atoms with Crippen molar-refractivity contribution in [1.29, 1.82) is 0 Å².